The molecule has 1 atom stereocenters. The lowest BCUT2D eigenvalue weighted by Gasteiger charge is -2.34. The molecule has 0 radical (unpaired) electrons. The summed E-state index contributed by atoms with van der Waals surface area (Å²) >= 11 is 1.36. The molecular weight excluding hydrogens is 356 g/mol. The number of morpholine rings is 1. The second-order valence-electron chi connectivity index (χ2n) is 5.63. The molecule has 1 aromatic heterocycles. The molecule has 1 amide bonds. The molecule has 10 heteroatoms. The highest BCUT2D eigenvalue weighted by molar-refractivity contribution is 7.88. The van der Waals surface area contributed by atoms with Gasteiger partial charge in [0.2, 0.25) is 10.0 Å². The van der Waals surface area contributed by atoms with Crippen LogP contribution in [0, 0.1) is 6.92 Å². The molecule has 8 nitrogen and oxygen atoms in total. The first kappa shape index (κ1) is 18.8. The SMILES string of the molecule is Cc1ccsc1C(=O)N1CCOC(CN(CC(=O)O)S(C)(=O)=O)C1. The molecule has 1 saturated heterocycles. The highest BCUT2D eigenvalue weighted by Gasteiger charge is 2.30. The molecule has 24 heavy (non-hydrogen) atoms. The van der Waals surface area contributed by atoms with Gasteiger partial charge in [0, 0.05) is 19.6 Å². The second-order valence-corrected chi connectivity index (χ2v) is 8.52. The number of thiophene rings is 1. The monoisotopic (exact) mass is 376 g/mol. The van der Waals surface area contributed by atoms with E-state index in [-0.39, 0.29) is 25.6 Å². The van der Waals surface area contributed by atoms with Gasteiger partial charge in [0.1, 0.15) is 6.54 Å². The van der Waals surface area contributed by atoms with Crippen LogP contribution in [-0.4, -0.2) is 79.8 Å². The van der Waals surface area contributed by atoms with Gasteiger partial charge < -0.3 is 14.7 Å². The molecule has 0 bridgehead atoms. The van der Waals surface area contributed by atoms with Crippen LogP contribution in [0.3, 0.4) is 0 Å². The Morgan fingerprint density at radius 2 is 2.21 bits per heavy atom. The van der Waals surface area contributed by atoms with Gasteiger partial charge in [-0.25, -0.2) is 8.42 Å². The summed E-state index contributed by atoms with van der Waals surface area (Å²) in [4.78, 5) is 25.7. The van der Waals surface area contributed by atoms with Crippen molar-refractivity contribution in [1.82, 2.24) is 9.21 Å². The summed E-state index contributed by atoms with van der Waals surface area (Å²) in [5.74, 6) is -1.35. The maximum Gasteiger partial charge on any atom is 0.318 e. The van der Waals surface area contributed by atoms with Gasteiger partial charge >= 0.3 is 5.97 Å². The molecule has 2 heterocycles. The number of rotatable bonds is 6. The van der Waals surface area contributed by atoms with E-state index < -0.39 is 28.6 Å². The first-order valence-corrected chi connectivity index (χ1v) is 10.0. The smallest absolute Gasteiger partial charge is 0.318 e. The van der Waals surface area contributed by atoms with Crippen molar-refractivity contribution in [3.63, 3.8) is 0 Å². The lowest BCUT2D eigenvalue weighted by molar-refractivity contribution is -0.137. The first-order chi connectivity index (χ1) is 11.2. The van der Waals surface area contributed by atoms with Gasteiger partial charge in [-0.05, 0) is 23.9 Å². The standard InChI is InChI=1S/C14H20N2O6S2/c1-10-3-6-23-13(10)14(19)15-4-5-22-11(7-15)8-16(9-12(17)18)24(2,20)21/h3,6,11H,4-5,7-9H2,1-2H3,(H,17,18). The Bertz CT molecular complexity index is 715. The highest BCUT2D eigenvalue weighted by atomic mass is 32.2. The molecule has 0 spiro atoms. The van der Waals surface area contributed by atoms with Crippen molar-refractivity contribution in [1.29, 1.82) is 0 Å². The summed E-state index contributed by atoms with van der Waals surface area (Å²) < 4.78 is 29.8. The number of hydrogen-bond acceptors (Lipinski definition) is 6. The largest absolute Gasteiger partial charge is 0.480 e. The number of aryl methyl sites for hydroxylation is 1. The number of aliphatic carboxylic acids is 1. The van der Waals surface area contributed by atoms with E-state index in [1.807, 2.05) is 18.4 Å². The van der Waals surface area contributed by atoms with E-state index in [9.17, 15) is 18.0 Å². The lowest BCUT2D eigenvalue weighted by Crippen LogP contribution is -2.51. The third-order valence-corrected chi connectivity index (χ3v) is 5.89. The third-order valence-electron chi connectivity index (χ3n) is 3.67. The van der Waals surface area contributed by atoms with Gasteiger partial charge in [0.25, 0.3) is 5.91 Å². The molecule has 1 aliphatic heterocycles. The molecule has 0 aliphatic carbocycles. The molecule has 1 N–H and O–H groups in total. The van der Waals surface area contributed by atoms with Crippen LogP contribution in [0.4, 0.5) is 0 Å². The molecule has 1 aliphatic rings. The summed E-state index contributed by atoms with van der Waals surface area (Å²) in [6.07, 6.45) is 0.397. The first-order valence-electron chi connectivity index (χ1n) is 7.30. The Morgan fingerprint density at radius 3 is 2.75 bits per heavy atom. The summed E-state index contributed by atoms with van der Waals surface area (Å²) in [5.41, 5.74) is 0.900. The lowest BCUT2D eigenvalue weighted by atomic mass is 10.2. The summed E-state index contributed by atoms with van der Waals surface area (Å²) in [7, 11) is -3.68. The quantitative estimate of drug-likeness (QED) is 0.763. The van der Waals surface area contributed by atoms with E-state index in [0.29, 0.717) is 11.4 Å². The number of sulfonamides is 1. The van der Waals surface area contributed by atoms with Gasteiger partial charge in [-0.3, -0.25) is 9.59 Å². The van der Waals surface area contributed by atoms with Crippen molar-refractivity contribution >= 4 is 33.2 Å². The topological polar surface area (TPSA) is 104 Å². The number of carboxylic acid groups (broad SMARTS) is 1. The molecule has 134 valence electrons. The van der Waals surface area contributed by atoms with E-state index in [1.165, 1.54) is 11.3 Å². The van der Waals surface area contributed by atoms with Crippen LogP contribution in [0.2, 0.25) is 0 Å². The Balaban J connectivity index is 2.05. The number of carbonyl (C=O) groups is 2. The van der Waals surface area contributed by atoms with E-state index in [2.05, 4.69) is 0 Å². The van der Waals surface area contributed by atoms with Crippen molar-refractivity contribution in [3.05, 3.63) is 21.9 Å². The van der Waals surface area contributed by atoms with Gasteiger partial charge in [0.05, 0.1) is 23.8 Å². The van der Waals surface area contributed by atoms with E-state index in [0.717, 1.165) is 16.1 Å². The zero-order valence-corrected chi connectivity index (χ0v) is 15.1. The fraction of sp³-hybridized carbons (Fsp3) is 0.571. The Labute approximate surface area is 144 Å². The van der Waals surface area contributed by atoms with Crippen molar-refractivity contribution in [2.24, 2.45) is 0 Å². The van der Waals surface area contributed by atoms with Gasteiger partial charge in [-0.2, -0.15) is 4.31 Å². The number of hydrogen-bond donors (Lipinski definition) is 1. The van der Waals surface area contributed by atoms with Crippen LogP contribution in [0.1, 0.15) is 15.2 Å². The number of ether oxygens (including phenoxy) is 1. The van der Waals surface area contributed by atoms with Gasteiger partial charge in [-0.1, -0.05) is 0 Å². The summed E-state index contributed by atoms with van der Waals surface area (Å²) in [5, 5.41) is 10.7. The number of carbonyl (C=O) groups excluding carboxylic acids is 1. The average molecular weight is 376 g/mol. The normalized spacial score (nSPS) is 18.8. The molecule has 1 fully saturated rings. The Hall–Kier alpha value is -1.49. The van der Waals surface area contributed by atoms with E-state index >= 15 is 0 Å². The van der Waals surface area contributed by atoms with Gasteiger partial charge in [-0.15, -0.1) is 11.3 Å². The minimum atomic E-state index is -3.68. The highest BCUT2D eigenvalue weighted by Crippen LogP contribution is 2.20. The Kier molecular flexibility index (Phi) is 5.97. The molecular formula is C14H20N2O6S2. The predicted molar refractivity (Wildman–Crippen MR) is 88.8 cm³/mol. The van der Waals surface area contributed by atoms with Crippen LogP contribution >= 0.6 is 11.3 Å². The van der Waals surface area contributed by atoms with Crippen LogP contribution in [0.5, 0.6) is 0 Å². The van der Waals surface area contributed by atoms with Crippen molar-refractivity contribution in [2.45, 2.75) is 13.0 Å². The predicted octanol–water partition coefficient (Wildman–Crippen LogP) is 0.244. The maximum atomic E-state index is 12.5. The number of amides is 1. The zero-order chi connectivity index (χ0) is 17.9. The minimum absolute atomic E-state index is 0.0989. The molecule has 2 rings (SSSR count). The van der Waals surface area contributed by atoms with Crippen LogP contribution in [0.15, 0.2) is 11.4 Å². The molecule has 1 aromatic rings. The summed E-state index contributed by atoms with van der Waals surface area (Å²) in [6.45, 7) is 2.06. The maximum absolute atomic E-state index is 12.5. The molecule has 0 aromatic carbocycles. The third kappa shape index (κ3) is 4.76. The zero-order valence-electron chi connectivity index (χ0n) is 13.5. The van der Waals surface area contributed by atoms with Crippen molar-refractivity contribution < 1.29 is 27.9 Å². The van der Waals surface area contributed by atoms with E-state index in [4.69, 9.17) is 9.84 Å². The number of carboxylic acids is 1. The van der Waals surface area contributed by atoms with Crippen LogP contribution in [-0.2, 0) is 19.6 Å². The van der Waals surface area contributed by atoms with E-state index in [1.54, 1.807) is 4.90 Å². The van der Waals surface area contributed by atoms with Crippen LogP contribution < -0.4 is 0 Å². The average Bonchev–Trinajstić information content (AvgIpc) is 2.91. The van der Waals surface area contributed by atoms with Crippen molar-refractivity contribution in [3.8, 4) is 0 Å². The van der Waals surface area contributed by atoms with Crippen molar-refractivity contribution in [2.75, 3.05) is 39.0 Å². The minimum Gasteiger partial charge on any atom is -0.480 e. The summed E-state index contributed by atoms with van der Waals surface area (Å²) in [6, 6.07) is 1.87. The second kappa shape index (κ2) is 7.60. The fourth-order valence-electron chi connectivity index (χ4n) is 2.44. The van der Waals surface area contributed by atoms with Crippen LogP contribution in [0.25, 0.3) is 0 Å². The number of nitrogens with zero attached hydrogens (tertiary/aromatic N) is 2. The molecule has 0 saturated carbocycles. The fourth-order valence-corrected chi connectivity index (χ4v) is 4.12. The van der Waals surface area contributed by atoms with Gasteiger partial charge in [0.15, 0.2) is 0 Å². The Morgan fingerprint density at radius 1 is 1.50 bits per heavy atom. The molecule has 1 unspecified atom stereocenters.